The smallest absolute Gasteiger partial charge is 0.0267 e. The highest BCUT2D eigenvalue weighted by Gasteiger charge is 2.08. The molecule has 11 heavy (non-hydrogen) atoms. The van der Waals surface area contributed by atoms with E-state index < -0.39 is 0 Å². The van der Waals surface area contributed by atoms with Gasteiger partial charge in [-0.1, -0.05) is 20.4 Å². The second kappa shape index (κ2) is 5.00. The Balaban J connectivity index is 0.000000461. The summed E-state index contributed by atoms with van der Waals surface area (Å²) in [4.78, 5) is 0. The Morgan fingerprint density at radius 1 is 1.55 bits per heavy atom. The highest BCUT2D eigenvalue weighted by atomic mass is 14.9. The fourth-order valence-corrected chi connectivity index (χ4v) is 0.959. The summed E-state index contributed by atoms with van der Waals surface area (Å²) in [6, 6.07) is 0.571. The van der Waals surface area contributed by atoms with Crippen LogP contribution in [0.4, 0.5) is 0 Å². The van der Waals surface area contributed by atoms with Crippen LogP contribution in [0.3, 0.4) is 0 Å². The molecular weight excluding hydrogens is 134 g/mol. The molecule has 0 aromatic rings. The van der Waals surface area contributed by atoms with Crippen LogP contribution in [0, 0.1) is 0 Å². The summed E-state index contributed by atoms with van der Waals surface area (Å²) in [5.41, 5.74) is 2.55. The average molecular weight is 153 g/mol. The highest BCUT2D eigenvalue weighted by Crippen LogP contribution is 2.16. The molecule has 0 amide bonds. The molecule has 1 heteroatoms. The maximum atomic E-state index is 3.94. The molecule has 1 N–H and O–H groups in total. The van der Waals surface area contributed by atoms with Gasteiger partial charge in [-0.25, -0.2) is 0 Å². The second-order valence-electron chi connectivity index (χ2n) is 2.70. The van der Waals surface area contributed by atoms with Gasteiger partial charge in [-0.2, -0.15) is 0 Å². The second-order valence-corrected chi connectivity index (χ2v) is 2.70. The lowest BCUT2D eigenvalue weighted by molar-refractivity contribution is 0.612. The van der Waals surface area contributed by atoms with Crippen molar-refractivity contribution in [1.82, 2.24) is 5.32 Å². The monoisotopic (exact) mass is 153 g/mol. The number of rotatable bonds is 0. The molecule has 64 valence electrons. The van der Waals surface area contributed by atoms with Gasteiger partial charge < -0.3 is 5.32 Å². The average Bonchev–Trinajstić information content (AvgIpc) is 2.02. The van der Waals surface area contributed by atoms with Crippen LogP contribution >= 0.6 is 0 Å². The first-order valence-corrected chi connectivity index (χ1v) is 4.31. The van der Waals surface area contributed by atoms with E-state index in [1.54, 1.807) is 0 Å². The lowest BCUT2D eigenvalue weighted by Crippen LogP contribution is -2.25. The summed E-state index contributed by atoms with van der Waals surface area (Å²) < 4.78 is 0. The molecule has 1 heterocycles. The van der Waals surface area contributed by atoms with Gasteiger partial charge in [0, 0.05) is 6.04 Å². The minimum absolute atomic E-state index is 0.571. The van der Waals surface area contributed by atoms with Gasteiger partial charge in [-0.3, -0.25) is 0 Å². The number of nitrogens with one attached hydrogen (secondary N) is 1. The summed E-state index contributed by atoms with van der Waals surface area (Å²) in [7, 11) is 0. The largest absolute Gasteiger partial charge is 0.388 e. The van der Waals surface area contributed by atoms with Gasteiger partial charge in [0.25, 0.3) is 0 Å². The zero-order chi connectivity index (χ0) is 8.85. The molecule has 0 saturated carbocycles. The zero-order valence-electron chi connectivity index (χ0n) is 8.07. The molecule has 0 aromatic heterocycles. The third kappa shape index (κ3) is 3.26. The van der Waals surface area contributed by atoms with Crippen molar-refractivity contribution in [3.8, 4) is 0 Å². The Morgan fingerprint density at radius 3 is 2.45 bits per heavy atom. The summed E-state index contributed by atoms with van der Waals surface area (Å²) >= 11 is 0. The van der Waals surface area contributed by atoms with Crippen LogP contribution < -0.4 is 5.32 Å². The van der Waals surface area contributed by atoms with E-state index >= 15 is 0 Å². The van der Waals surface area contributed by atoms with Crippen molar-refractivity contribution in [3.05, 3.63) is 23.9 Å². The molecule has 0 spiro atoms. The van der Waals surface area contributed by atoms with Crippen molar-refractivity contribution in [3.63, 3.8) is 0 Å². The van der Waals surface area contributed by atoms with Crippen LogP contribution in [0.2, 0.25) is 0 Å². The molecule has 1 nitrogen and oxygen atoms in total. The van der Waals surface area contributed by atoms with Crippen LogP contribution in [0.1, 0.15) is 34.1 Å². The molecule has 0 aliphatic carbocycles. The third-order valence-corrected chi connectivity index (χ3v) is 1.69. The standard InChI is InChI=1S/C8H13N.C2H6/c1-6-4-8(3)9-5-7(6)2;1-2/h5,8-9H,1,4H2,2-3H3;1-2H3. The summed E-state index contributed by atoms with van der Waals surface area (Å²) in [5.74, 6) is 0. The van der Waals surface area contributed by atoms with Crippen molar-refractivity contribution >= 4 is 0 Å². The molecular formula is C10H19N. The van der Waals surface area contributed by atoms with Crippen molar-refractivity contribution in [1.29, 1.82) is 0 Å². The lowest BCUT2D eigenvalue weighted by atomic mass is 10.00. The Hall–Kier alpha value is -0.720. The zero-order valence-corrected chi connectivity index (χ0v) is 8.07. The SMILES string of the molecule is C=C1CC(C)NC=C1C.CC. The molecule has 1 aliphatic rings. The first-order chi connectivity index (χ1) is 5.20. The normalized spacial score (nSPS) is 22.7. The third-order valence-electron chi connectivity index (χ3n) is 1.69. The van der Waals surface area contributed by atoms with Crippen molar-refractivity contribution in [2.45, 2.75) is 40.2 Å². The predicted octanol–water partition coefficient (Wildman–Crippen LogP) is 2.85. The van der Waals surface area contributed by atoms with Gasteiger partial charge in [-0.15, -0.1) is 0 Å². The quantitative estimate of drug-likeness (QED) is 0.564. The van der Waals surface area contributed by atoms with E-state index in [2.05, 4.69) is 25.7 Å². The Labute approximate surface area is 70.2 Å². The van der Waals surface area contributed by atoms with Gasteiger partial charge in [0.05, 0.1) is 0 Å². The molecule has 1 aliphatic heterocycles. The lowest BCUT2D eigenvalue weighted by Gasteiger charge is -2.20. The number of hydrogen-bond donors (Lipinski definition) is 1. The van der Waals surface area contributed by atoms with E-state index in [0.717, 1.165) is 6.42 Å². The molecule has 0 radical (unpaired) electrons. The fraction of sp³-hybridized carbons (Fsp3) is 0.600. The number of allylic oxidation sites excluding steroid dienone is 1. The van der Waals surface area contributed by atoms with E-state index in [0.29, 0.717) is 6.04 Å². The van der Waals surface area contributed by atoms with Crippen molar-refractivity contribution in [2.24, 2.45) is 0 Å². The Kier molecular flexibility index (Phi) is 4.67. The van der Waals surface area contributed by atoms with E-state index in [1.807, 2.05) is 20.0 Å². The minimum Gasteiger partial charge on any atom is -0.388 e. The van der Waals surface area contributed by atoms with Gasteiger partial charge in [-0.05, 0) is 37.6 Å². The van der Waals surface area contributed by atoms with Crippen LogP contribution in [0.5, 0.6) is 0 Å². The molecule has 0 fully saturated rings. The van der Waals surface area contributed by atoms with Crippen LogP contribution in [0.15, 0.2) is 23.9 Å². The van der Waals surface area contributed by atoms with E-state index in [9.17, 15) is 0 Å². The first-order valence-electron chi connectivity index (χ1n) is 4.31. The van der Waals surface area contributed by atoms with Gasteiger partial charge in [0.15, 0.2) is 0 Å². The topological polar surface area (TPSA) is 12.0 Å². The first kappa shape index (κ1) is 10.3. The molecule has 0 bridgehead atoms. The van der Waals surface area contributed by atoms with Crippen LogP contribution in [-0.4, -0.2) is 6.04 Å². The molecule has 1 rings (SSSR count). The van der Waals surface area contributed by atoms with Gasteiger partial charge >= 0.3 is 0 Å². The Bertz CT molecular complexity index is 156. The maximum absolute atomic E-state index is 3.94. The minimum atomic E-state index is 0.571. The van der Waals surface area contributed by atoms with E-state index in [-0.39, 0.29) is 0 Å². The Morgan fingerprint density at radius 2 is 2.09 bits per heavy atom. The number of hydrogen-bond acceptors (Lipinski definition) is 1. The molecule has 0 saturated heterocycles. The molecule has 1 atom stereocenters. The van der Waals surface area contributed by atoms with E-state index in [1.165, 1.54) is 11.1 Å². The van der Waals surface area contributed by atoms with Crippen molar-refractivity contribution < 1.29 is 0 Å². The summed E-state index contributed by atoms with van der Waals surface area (Å²) in [6.45, 7) is 12.2. The highest BCUT2D eigenvalue weighted by molar-refractivity contribution is 5.28. The maximum Gasteiger partial charge on any atom is 0.0267 e. The van der Waals surface area contributed by atoms with Crippen LogP contribution in [-0.2, 0) is 0 Å². The van der Waals surface area contributed by atoms with Gasteiger partial charge in [0.1, 0.15) is 0 Å². The fourth-order valence-electron chi connectivity index (χ4n) is 0.959. The summed E-state index contributed by atoms with van der Waals surface area (Å²) in [6.07, 6.45) is 3.12. The van der Waals surface area contributed by atoms with Crippen LogP contribution in [0.25, 0.3) is 0 Å². The molecule has 0 aromatic carbocycles. The molecule has 1 unspecified atom stereocenters. The van der Waals surface area contributed by atoms with Crippen molar-refractivity contribution in [2.75, 3.05) is 0 Å². The summed E-state index contributed by atoms with van der Waals surface area (Å²) in [5, 5.41) is 3.24. The van der Waals surface area contributed by atoms with E-state index in [4.69, 9.17) is 0 Å². The van der Waals surface area contributed by atoms with Gasteiger partial charge in [0.2, 0.25) is 0 Å². The predicted molar refractivity (Wildman–Crippen MR) is 51.5 cm³/mol.